The van der Waals surface area contributed by atoms with Gasteiger partial charge in [-0.1, -0.05) is 61.9 Å². The fourth-order valence-corrected chi connectivity index (χ4v) is 4.23. The zero-order valence-electron chi connectivity index (χ0n) is 13.6. The number of benzene rings is 2. The maximum Gasteiger partial charge on any atom is 0.0459 e. The molecule has 0 fully saturated rings. The molecule has 2 aromatic carbocycles. The molecule has 1 heteroatoms. The fraction of sp³-hybridized carbons (Fsp3) is 0.333. The summed E-state index contributed by atoms with van der Waals surface area (Å²) >= 11 is 0. The highest BCUT2D eigenvalue weighted by atomic mass is 14.7. The molecule has 4 rings (SSSR count). The molecule has 0 aliphatic heterocycles. The summed E-state index contributed by atoms with van der Waals surface area (Å²) in [5.41, 5.74) is 7.27. The number of rotatable bonds is 1. The third-order valence-corrected chi connectivity index (χ3v) is 5.22. The van der Waals surface area contributed by atoms with E-state index in [-0.39, 0.29) is 5.41 Å². The summed E-state index contributed by atoms with van der Waals surface area (Å²) < 4.78 is 0. The molecule has 22 heavy (non-hydrogen) atoms. The van der Waals surface area contributed by atoms with E-state index in [1.807, 2.05) is 0 Å². The second-order valence-electron chi connectivity index (χ2n) is 7.42. The summed E-state index contributed by atoms with van der Waals surface area (Å²) in [6.07, 6.45) is 2.33. The van der Waals surface area contributed by atoms with Crippen molar-refractivity contribution in [2.45, 2.75) is 44.9 Å². The summed E-state index contributed by atoms with van der Waals surface area (Å²) in [7, 11) is 0. The number of para-hydroxylation sites is 1. The van der Waals surface area contributed by atoms with Crippen LogP contribution in [0.3, 0.4) is 0 Å². The monoisotopic (exact) mass is 289 g/mol. The van der Waals surface area contributed by atoms with E-state index in [1.165, 1.54) is 39.7 Å². The van der Waals surface area contributed by atoms with Crippen LogP contribution in [0.1, 0.15) is 48.6 Å². The van der Waals surface area contributed by atoms with E-state index in [1.54, 1.807) is 0 Å². The van der Waals surface area contributed by atoms with Crippen LogP contribution < -0.4 is 0 Å². The molecule has 112 valence electrons. The van der Waals surface area contributed by atoms with Gasteiger partial charge in [-0.05, 0) is 48.3 Å². The Kier molecular flexibility index (Phi) is 2.94. The van der Waals surface area contributed by atoms with Crippen LogP contribution in [0.5, 0.6) is 0 Å². The van der Waals surface area contributed by atoms with Gasteiger partial charge >= 0.3 is 0 Å². The lowest BCUT2D eigenvalue weighted by atomic mass is 9.68. The molecule has 0 spiro atoms. The molecule has 0 saturated heterocycles. The van der Waals surface area contributed by atoms with E-state index in [0.717, 1.165) is 6.42 Å². The lowest BCUT2D eigenvalue weighted by molar-refractivity contribution is 0.392. The topological polar surface area (TPSA) is 15.8 Å². The Hall–Kier alpha value is -2.02. The van der Waals surface area contributed by atoms with Gasteiger partial charge < -0.3 is 4.98 Å². The minimum Gasteiger partial charge on any atom is -0.358 e. The van der Waals surface area contributed by atoms with E-state index in [0.29, 0.717) is 5.92 Å². The predicted molar refractivity (Wildman–Crippen MR) is 93.6 cm³/mol. The van der Waals surface area contributed by atoms with Crippen molar-refractivity contribution < 1.29 is 0 Å². The van der Waals surface area contributed by atoms with Crippen molar-refractivity contribution in [1.82, 2.24) is 4.98 Å². The van der Waals surface area contributed by atoms with Crippen LogP contribution in [-0.4, -0.2) is 4.98 Å². The smallest absolute Gasteiger partial charge is 0.0459 e. The third-order valence-electron chi connectivity index (χ3n) is 5.22. The van der Waals surface area contributed by atoms with E-state index in [9.17, 15) is 0 Å². The highest BCUT2D eigenvalue weighted by Crippen LogP contribution is 2.46. The molecule has 0 saturated carbocycles. The van der Waals surface area contributed by atoms with Crippen LogP contribution in [-0.2, 0) is 11.8 Å². The van der Waals surface area contributed by atoms with Crippen molar-refractivity contribution in [2.75, 3.05) is 0 Å². The molecule has 1 unspecified atom stereocenters. The first-order valence-corrected chi connectivity index (χ1v) is 8.21. The summed E-state index contributed by atoms with van der Waals surface area (Å²) in [4.78, 5) is 3.68. The molecule has 1 aliphatic rings. The minimum absolute atomic E-state index is 0.211. The van der Waals surface area contributed by atoms with Crippen LogP contribution in [0.2, 0.25) is 0 Å². The number of H-pyrrole nitrogens is 1. The largest absolute Gasteiger partial charge is 0.358 e. The lowest BCUT2D eigenvalue weighted by Gasteiger charge is -2.36. The van der Waals surface area contributed by atoms with Gasteiger partial charge in [0.2, 0.25) is 0 Å². The van der Waals surface area contributed by atoms with E-state index >= 15 is 0 Å². The van der Waals surface area contributed by atoms with Crippen molar-refractivity contribution in [3.05, 3.63) is 70.9 Å². The van der Waals surface area contributed by atoms with Gasteiger partial charge in [0.15, 0.2) is 0 Å². The second kappa shape index (κ2) is 4.74. The average molecular weight is 289 g/mol. The van der Waals surface area contributed by atoms with Gasteiger partial charge in [-0.2, -0.15) is 0 Å². The highest BCUT2D eigenvalue weighted by molar-refractivity contribution is 5.86. The Morgan fingerprint density at radius 2 is 1.73 bits per heavy atom. The Bertz CT molecular complexity index is 821. The van der Waals surface area contributed by atoms with Gasteiger partial charge in [0.05, 0.1) is 0 Å². The fourth-order valence-electron chi connectivity index (χ4n) is 4.23. The third kappa shape index (κ3) is 2.08. The molecular weight excluding hydrogens is 266 g/mol. The van der Waals surface area contributed by atoms with Crippen LogP contribution in [0.15, 0.2) is 48.5 Å². The number of aromatic nitrogens is 1. The number of aryl methyl sites for hydroxylation is 1. The molecule has 1 aromatic heterocycles. The maximum atomic E-state index is 3.68. The molecule has 3 aromatic rings. The van der Waals surface area contributed by atoms with Gasteiger partial charge in [0, 0.05) is 16.6 Å². The van der Waals surface area contributed by atoms with Gasteiger partial charge in [0.1, 0.15) is 0 Å². The van der Waals surface area contributed by atoms with E-state index in [2.05, 4.69) is 74.3 Å². The van der Waals surface area contributed by atoms with Crippen molar-refractivity contribution in [1.29, 1.82) is 0 Å². The normalized spacial score (nSPS) is 20.0. The molecule has 1 N–H and O–H groups in total. The number of aromatic amines is 1. The SMILES string of the molecule is Cc1ccc(C2Cc3[nH]c4ccccc4c3C(C)(C)C2)cc1. The highest BCUT2D eigenvalue weighted by Gasteiger charge is 2.36. The van der Waals surface area contributed by atoms with Gasteiger partial charge in [-0.3, -0.25) is 0 Å². The van der Waals surface area contributed by atoms with Crippen molar-refractivity contribution in [2.24, 2.45) is 0 Å². The molecule has 0 radical (unpaired) electrons. The average Bonchev–Trinajstić information content (AvgIpc) is 2.86. The summed E-state index contributed by atoms with van der Waals surface area (Å²) in [5.74, 6) is 0.608. The molecule has 1 atom stereocenters. The van der Waals surface area contributed by atoms with Crippen LogP contribution >= 0.6 is 0 Å². The van der Waals surface area contributed by atoms with Gasteiger partial charge in [0.25, 0.3) is 0 Å². The number of hydrogen-bond donors (Lipinski definition) is 1. The first-order valence-electron chi connectivity index (χ1n) is 8.21. The van der Waals surface area contributed by atoms with Crippen LogP contribution in [0.25, 0.3) is 10.9 Å². The number of nitrogens with one attached hydrogen (secondary N) is 1. The lowest BCUT2D eigenvalue weighted by Crippen LogP contribution is -2.28. The minimum atomic E-state index is 0.211. The van der Waals surface area contributed by atoms with Crippen LogP contribution in [0, 0.1) is 6.92 Å². The van der Waals surface area contributed by atoms with Crippen molar-refractivity contribution in [3.63, 3.8) is 0 Å². The predicted octanol–water partition coefficient (Wildman–Crippen LogP) is 5.48. The maximum absolute atomic E-state index is 3.68. The first kappa shape index (κ1) is 13.6. The zero-order chi connectivity index (χ0) is 15.3. The van der Waals surface area contributed by atoms with Crippen LogP contribution in [0.4, 0.5) is 0 Å². The van der Waals surface area contributed by atoms with Crippen molar-refractivity contribution >= 4 is 10.9 Å². The Labute approximate surface area is 132 Å². The quantitative estimate of drug-likeness (QED) is 0.610. The summed E-state index contributed by atoms with van der Waals surface area (Å²) in [5, 5.41) is 1.41. The summed E-state index contributed by atoms with van der Waals surface area (Å²) in [6, 6.07) is 17.8. The molecule has 0 amide bonds. The Morgan fingerprint density at radius 1 is 1.00 bits per heavy atom. The first-order chi connectivity index (χ1) is 10.5. The number of fused-ring (bicyclic) bond motifs is 3. The Morgan fingerprint density at radius 3 is 2.50 bits per heavy atom. The molecule has 1 nitrogen and oxygen atoms in total. The van der Waals surface area contributed by atoms with E-state index < -0.39 is 0 Å². The van der Waals surface area contributed by atoms with Gasteiger partial charge in [-0.15, -0.1) is 0 Å². The summed E-state index contributed by atoms with van der Waals surface area (Å²) in [6.45, 7) is 6.95. The Balaban J connectivity index is 1.82. The second-order valence-corrected chi connectivity index (χ2v) is 7.42. The van der Waals surface area contributed by atoms with Crippen molar-refractivity contribution in [3.8, 4) is 0 Å². The molecule has 1 heterocycles. The molecule has 0 bridgehead atoms. The van der Waals surface area contributed by atoms with E-state index in [4.69, 9.17) is 0 Å². The van der Waals surface area contributed by atoms with Gasteiger partial charge in [-0.25, -0.2) is 0 Å². The number of hydrogen-bond acceptors (Lipinski definition) is 0. The zero-order valence-corrected chi connectivity index (χ0v) is 13.6. The molecular formula is C21H23N. The standard InChI is InChI=1S/C21H23N/c1-14-8-10-15(11-9-14)16-12-19-20(21(2,3)13-16)17-6-4-5-7-18(17)22-19/h4-11,16,22H,12-13H2,1-3H3. The molecule has 1 aliphatic carbocycles.